The van der Waals surface area contributed by atoms with Gasteiger partial charge in [-0.15, -0.1) is 11.3 Å². The van der Waals surface area contributed by atoms with E-state index < -0.39 is 32.7 Å². The van der Waals surface area contributed by atoms with Crippen LogP contribution in [0.5, 0.6) is 0 Å². The molecule has 2 aromatic carbocycles. The molecule has 1 aliphatic rings. The second-order valence-corrected chi connectivity index (χ2v) is 9.70. The van der Waals surface area contributed by atoms with Crippen LogP contribution in [0.1, 0.15) is 17.8 Å². The molecule has 0 unspecified atom stereocenters. The summed E-state index contributed by atoms with van der Waals surface area (Å²) in [5, 5.41) is 3.72. The summed E-state index contributed by atoms with van der Waals surface area (Å²) in [5.74, 6) is -1.24. The monoisotopic (exact) mass is 419 g/mol. The Hall–Kier alpha value is -2.36. The van der Waals surface area contributed by atoms with Crippen LogP contribution in [-0.4, -0.2) is 36.2 Å². The summed E-state index contributed by atoms with van der Waals surface area (Å²) in [6, 6.07) is 9.72. The van der Waals surface area contributed by atoms with E-state index in [1.54, 1.807) is 6.07 Å². The fraction of sp³-hybridized carbons (Fsp3) is 0.263. The molecule has 1 atom stereocenters. The van der Waals surface area contributed by atoms with Crippen LogP contribution in [0.3, 0.4) is 0 Å². The first-order valence-corrected chi connectivity index (χ1v) is 11.1. The number of hydrogen-bond acceptors (Lipinski definition) is 5. The highest BCUT2D eigenvalue weighted by Crippen LogP contribution is 2.29. The zero-order valence-electron chi connectivity index (χ0n) is 15.1. The second-order valence-electron chi connectivity index (χ2n) is 6.61. The van der Waals surface area contributed by atoms with Gasteiger partial charge in [0.1, 0.15) is 16.8 Å². The number of carbonyl (C=O) groups excluding carboxylic acids is 1. The summed E-state index contributed by atoms with van der Waals surface area (Å²) in [7, 11) is -4.10. The summed E-state index contributed by atoms with van der Waals surface area (Å²) < 4.78 is 41.9. The molecule has 1 aromatic heterocycles. The van der Waals surface area contributed by atoms with Gasteiger partial charge in [-0.25, -0.2) is 17.8 Å². The Labute approximate surface area is 166 Å². The number of carbonyl (C=O) groups is 1. The van der Waals surface area contributed by atoms with Crippen molar-refractivity contribution in [1.29, 1.82) is 0 Å². The number of benzene rings is 2. The van der Waals surface area contributed by atoms with Gasteiger partial charge >= 0.3 is 0 Å². The average Bonchev–Trinajstić information content (AvgIpc) is 3.27. The Morgan fingerprint density at radius 1 is 1.29 bits per heavy atom. The van der Waals surface area contributed by atoms with Crippen molar-refractivity contribution in [2.24, 2.45) is 0 Å². The SMILES string of the molecule is Cc1nc2ccc(NC(=O)[C@@H]3CCCN3S(=O)(=O)c3ccccc3F)cc2s1. The molecule has 0 spiro atoms. The lowest BCUT2D eigenvalue weighted by atomic mass is 10.2. The largest absolute Gasteiger partial charge is 0.325 e. The maximum Gasteiger partial charge on any atom is 0.246 e. The van der Waals surface area contributed by atoms with Crippen LogP contribution in [0.4, 0.5) is 10.1 Å². The third-order valence-corrected chi connectivity index (χ3v) is 7.57. The zero-order chi connectivity index (χ0) is 19.9. The molecule has 6 nitrogen and oxygen atoms in total. The van der Waals surface area contributed by atoms with Gasteiger partial charge in [0, 0.05) is 12.2 Å². The zero-order valence-corrected chi connectivity index (χ0v) is 16.7. The lowest BCUT2D eigenvalue weighted by molar-refractivity contribution is -0.119. The predicted octanol–water partition coefficient (Wildman–Crippen LogP) is 3.54. The number of halogens is 1. The average molecular weight is 420 g/mol. The molecule has 4 rings (SSSR count). The molecule has 1 fully saturated rings. The first kappa shape index (κ1) is 19.0. The summed E-state index contributed by atoms with van der Waals surface area (Å²) in [6.07, 6.45) is 0.931. The van der Waals surface area contributed by atoms with Crippen LogP contribution in [-0.2, 0) is 14.8 Å². The van der Waals surface area contributed by atoms with E-state index in [1.807, 2.05) is 19.1 Å². The van der Waals surface area contributed by atoms with E-state index in [-0.39, 0.29) is 6.54 Å². The number of aromatic nitrogens is 1. The third-order valence-electron chi connectivity index (χ3n) is 4.69. The van der Waals surface area contributed by atoms with E-state index in [0.717, 1.165) is 25.6 Å². The van der Waals surface area contributed by atoms with Gasteiger partial charge in [0.05, 0.1) is 15.2 Å². The fourth-order valence-electron chi connectivity index (χ4n) is 3.41. The highest BCUT2D eigenvalue weighted by Gasteiger charge is 2.40. The first-order chi connectivity index (χ1) is 13.4. The van der Waals surface area contributed by atoms with E-state index in [4.69, 9.17) is 0 Å². The van der Waals surface area contributed by atoms with Crippen molar-refractivity contribution in [2.45, 2.75) is 30.7 Å². The maximum absolute atomic E-state index is 14.1. The van der Waals surface area contributed by atoms with Crippen molar-refractivity contribution in [3.05, 3.63) is 53.3 Å². The van der Waals surface area contributed by atoms with Gasteiger partial charge in [-0.2, -0.15) is 4.31 Å². The molecular formula is C19H18FN3O3S2. The summed E-state index contributed by atoms with van der Waals surface area (Å²) in [6.45, 7) is 2.09. The number of hydrogen-bond donors (Lipinski definition) is 1. The van der Waals surface area contributed by atoms with Crippen LogP contribution in [0, 0.1) is 12.7 Å². The predicted molar refractivity (Wildman–Crippen MR) is 106 cm³/mol. The number of rotatable bonds is 4. The topological polar surface area (TPSA) is 79.4 Å². The van der Waals surface area contributed by atoms with Gasteiger partial charge in [-0.3, -0.25) is 4.79 Å². The third kappa shape index (κ3) is 3.41. The number of thiazole rings is 1. The fourth-order valence-corrected chi connectivity index (χ4v) is 6.00. The molecule has 2 heterocycles. The maximum atomic E-state index is 14.1. The molecule has 0 saturated carbocycles. The van der Waals surface area contributed by atoms with E-state index in [9.17, 15) is 17.6 Å². The van der Waals surface area contributed by atoms with Crippen LogP contribution >= 0.6 is 11.3 Å². The van der Waals surface area contributed by atoms with E-state index in [0.29, 0.717) is 18.5 Å². The molecule has 1 saturated heterocycles. The Bertz CT molecular complexity index is 1160. The van der Waals surface area contributed by atoms with Crippen LogP contribution in [0.15, 0.2) is 47.4 Å². The number of sulfonamides is 1. The molecule has 28 heavy (non-hydrogen) atoms. The quantitative estimate of drug-likeness (QED) is 0.702. The minimum absolute atomic E-state index is 0.182. The van der Waals surface area contributed by atoms with Gasteiger partial charge in [-0.1, -0.05) is 12.1 Å². The Morgan fingerprint density at radius 3 is 2.86 bits per heavy atom. The first-order valence-electron chi connectivity index (χ1n) is 8.81. The lowest BCUT2D eigenvalue weighted by Crippen LogP contribution is -2.43. The van der Waals surface area contributed by atoms with E-state index >= 15 is 0 Å². The van der Waals surface area contributed by atoms with Crippen molar-refractivity contribution in [2.75, 3.05) is 11.9 Å². The number of amides is 1. The standard InChI is InChI=1S/C19H18FN3O3S2/c1-12-21-15-9-8-13(11-17(15)27-12)22-19(24)16-6-4-10-23(16)28(25,26)18-7-3-2-5-14(18)20/h2-3,5,7-9,11,16H,4,6,10H2,1H3,(H,22,24)/t16-/m0/s1. The minimum Gasteiger partial charge on any atom is -0.325 e. The number of nitrogens with one attached hydrogen (secondary N) is 1. The Kier molecular flexibility index (Phi) is 4.90. The van der Waals surface area contributed by atoms with Crippen molar-refractivity contribution in [3.63, 3.8) is 0 Å². The molecule has 0 radical (unpaired) electrons. The summed E-state index contributed by atoms with van der Waals surface area (Å²) in [5.41, 5.74) is 1.43. The molecule has 1 aliphatic heterocycles. The van der Waals surface area contributed by atoms with E-state index in [2.05, 4.69) is 10.3 Å². The van der Waals surface area contributed by atoms with Crippen LogP contribution in [0.2, 0.25) is 0 Å². The van der Waals surface area contributed by atoms with Crippen molar-refractivity contribution < 1.29 is 17.6 Å². The lowest BCUT2D eigenvalue weighted by Gasteiger charge is -2.23. The smallest absolute Gasteiger partial charge is 0.246 e. The van der Waals surface area contributed by atoms with Crippen molar-refractivity contribution in [1.82, 2.24) is 9.29 Å². The number of aryl methyl sites for hydroxylation is 1. The molecule has 9 heteroatoms. The molecule has 3 aromatic rings. The minimum atomic E-state index is -4.10. The second kappa shape index (κ2) is 7.23. The molecule has 1 amide bonds. The molecule has 0 aliphatic carbocycles. The number of fused-ring (bicyclic) bond motifs is 1. The Balaban J connectivity index is 1.58. The molecule has 1 N–H and O–H groups in total. The Morgan fingerprint density at radius 2 is 2.07 bits per heavy atom. The normalized spacial score (nSPS) is 17.9. The van der Waals surface area contributed by atoms with Gasteiger partial charge in [-0.05, 0) is 50.1 Å². The van der Waals surface area contributed by atoms with Gasteiger partial charge in [0.15, 0.2) is 0 Å². The number of anilines is 1. The van der Waals surface area contributed by atoms with Crippen LogP contribution in [0.25, 0.3) is 10.2 Å². The van der Waals surface area contributed by atoms with Gasteiger partial charge < -0.3 is 5.32 Å². The molecule has 146 valence electrons. The molecular weight excluding hydrogens is 401 g/mol. The number of nitrogens with zero attached hydrogens (tertiary/aromatic N) is 2. The van der Waals surface area contributed by atoms with Gasteiger partial charge in [0.25, 0.3) is 0 Å². The van der Waals surface area contributed by atoms with Crippen LogP contribution < -0.4 is 5.32 Å². The molecule has 0 bridgehead atoms. The van der Waals surface area contributed by atoms with Crippen molar-refractivity contribution >= 4 is 43.2 Å². The summed E-state index contributed by atoms with van der Waals surface area (Å²) >= 11 is 1.52. The summed E-state index contributed by atoms with van der Waals surface area (Å²) in [4.78, 5) is 16.8. The van der Waals surface area contributed by atoms with E-state index in [1.165, 1.54) is 29.5 Å². The highest BCUT2D eigenvalue weighted by atomic mass is 32.2. The highest BCUT2D eigenvalue weighted by molar-refractivity contribution is 7.89. The van der Waals surface area contributed by atoms with Gasteiger partial charge in [0.2, 0.25) is 15.9 Å². The van der Waals surface area contributed by atoms with Crippen molar-refractivity contribution in [3.8, 4) is 0 Å².